The van der Waals surface area contributed by atoms with Gasteiger partial charge in [0.1, 0.15) is 0 Å². The minimum absolute atomic E-state index is 0.498. The predicted molar refractivity (Wildman–Crippen MR) is 75.7 cm³/mol. The Morgan fingerprint density at radius 3 is 2.82 bits per heavy atom. The van der Waals surface area contributed by atoms with Gasteiger partial charge in [0.05, 0.1) is 6.10 Å². The van der Waals surface area contributed by atoms with Crippen LogP contribution in [0.25, 0.3) is 0 Å². The third-order valence-corrected chi connectivity index (χ3v) is 5.45. The molecule has 1 saturated heterocycles. The summed E-state index contributed by atoms with van der Waals surface area (Å²) in [4.78, 5) is 0. The number of rotatable bonds is 4. The van der Waals surface area contributed by atoms with E-state index in [1.54, 1.807) is 0 Å². The Morgan fingerprint density at radius 1 is 1.24 bits per heavy atom. The number of hydrogen-bond donors (Lipinski definition) is 1. The zero-order valence-electron chi connectivity index (χ0n) is 11.3. The van der Waals surface area contributed by atoms with E-state index in [1.165, 1.54) is 38.5 Å². The second-order valence-electron chi connectivity index (χ2n) is 5.45. The van der Waals surface area contributed by atoms with E-state index in [0.717, 1.165) is 24.3 Å². The maximum atomic E-state index is 5.75. The van der Waals surface area contributed by atoms with E-state index in [4.69, 9.17) is 4.74 Å². The molecular formula is C14H27NOS. The minimum atomic E-state index is 0.498. The van der Waals surface area contributed by atoms with E-state index in [0.29, 0.717) is 12.1 Å². The van der Waals surface area contributed by atoms with Crippen LogP contribution >= 0.6 is 11.8 Å². The van der Waals surface area contributed by atoms with Crippen molar-refractivity contribution in [1.82, 2.24) is 5.32 Å². The first-order valence-electron chi connectivity index (χ1n) is 7.24. The highest BCUT2D eigenvalue weighted by atomic mass is 32.2. The highest BCUT2D eigenvalue weighted by Gasteiger charge is 2.28. The summed E-state index contributed by atoms with van der Waals surface area (Å²) in [5, 5.41) is 4.76. The fourth-order valence-electron chi connectivity index (χ4n) is 3.19. The van der Waals surface area contributed by atoms with Crippen LogP contribution in [-0.2, 0) is 4.74 Å². The van der Waals surface area contributed by atoms with Crippen LogP contribution < -0.4 is 5.32 Å². The van der Waals surface area contributed by atoms with Gasteiger partial charge in [0.2, 0.25) is 0 Å². The topological polar surface area (TPSA) is 21.3 Å². The van der Waals surface area contributed by atoms with Crippen LogP contribution in [0.2, 0.25) is 0 Å². The predicted octanol–water partition coefficient (Wildman–Crippen LogP) is 3.21. The Morgan fingerprint density at radius 2 is 2.06 bits per heavy atom. The van der Waals surface area contributed by atoms with Crippen molar-refractivity contribution < 1.29 is 4.74 Å². The molecule has 1 N–H and O–H groups in total. The van der Waals surface area contributed by atoms with E-state index in [9.17, 15) is 0 Å². The molecular weight excluding hydrogens is 230 g/mol. The van der Waals surface area contributed by atoms with Crippen LogP contribution in [0, 0.1) is 0 Å². The van der Waals surface area contributed by atoms with Crippen molar-refractivity contribution >= 4 is 11.8 Å². The molecule has 0 bridgehead atoms. The van der Waals surface area contributed by atoms with Crippen molar-refractivity contribution in [1.29, 1.82) is 0 Å². The molecule has 1 aliphatic carbocycles. The molecule has 0 amide bonds. The molecule has 2 rings (SSSR count). The molecule has 0 aromatic carbocycles. The summed E-state index contributed by atoms with van der Waals surface area (Å²) < 4.78 is 5.75. The number of ether oxygens (including phenoxy) is 1. The minimum Gasteiger partial charge on any atom is -0.378 e. The highest BCUT2D eigenvalue weighted by Crippen LogP contribution is 2.28. The van der Waals surface area contributed by atoms with Crippen LogP contribution in [-0.4, -0.2) is 36.3 Å². The van der Waals surface area contributed by atoms with Crippen molar-refractivity contribution in [3.63, 3.8) is 0 Å². The molecule has 2 fully saturated rings. The summed E-state index contributed by atoms with van der Waals surface area (Å²) in [6.45, 7) is 3.19. The zero-order chi connectivity index (χ0) is 12.1. The number of nitrogens with one attached hydrogen (secondary N) is 1. The Labute approximate surface area is 110 Å². The van der Waals surface area contributed by atoms with Gasteiger partial charge in [-0.15, -0.1) is 0 Å². The van der Waals surface area contributed by atoms with Gasteiger partial charge in [0, 0.05) is 23.9 Å². The first kappa shape index (κ1) is 13.7. The molecule has 0 spiro atoms. The summed E-state index contributed by atoms with van der Waals surface area (Å²) in [5.74, 6) is 0. The molecule has 1 saturated carbocycles. The lowest BCUT2D eigenvalue weighted by Crippen LogP contribution is -2.49. The third-order valence-electron chi connectivity index (χ3n) is 4.28. The molecule has 4 atom stereocenters. The molecule has 2 aliphatic rings. The van der Waals surface area contributed by atoms with Gasteiger partial charge in [-0.05, 0) is 38.4 Å². The molecule has 17 heavy (non-hydrogen) atoms. The van der Waals surface area contributed by atoms with Gasteiger partial charge < -0.3 is 10.1 Å². The van der Waals surface area contributed by atoms with Crippen molar-refractivity contribution in [2.75, 3.05) is 12.9 Å². The zero-order valence-corrected chi connectivity index (χ0v) is 12.1. The molecule has 4 unspecified atom stereocenters. The molecule has 0 aromatic rings. The van der Waals surface area contributed by atoms with Gasteiger partial charge in [-0.3, -0.25) is 0 Å². The molecule has 0 aromatic heterocycles. The van der Waals surface area contributed by atoms with E-state index in [2.05, 4.69) is 30.3 Å². The normalized spacial score (nSPS) is 39.2. The summed E-state index contributed by atoms with van der Waals surface area (Å²) in [7, 11) is 0. The highest BCUT2D eigenvalue weighted by molar-refractivity contribution is 7.99. The maximum Gasteiger partial charge on any atom is 0.0587 e. The Kier molecular flexibility index (Phi) is 5.64. The second-order valence-corrected chi connectivity index (χ2v) is 6.53. The molecule has 3 heteroatoms. The molecule has 0 radical (unpaired) electrons. The van der Waals surface area contributed by atoms with Crippen LogP contribution in [0.4, 0.5) is 0 Å². The van der Waals surface area contributed by atoms with Gasteiger partial charge in [-0.1, -0.05) is 19.8 Å². The van der Waals surface area contributed by atoms with Crippen molar-refractivity contribution in [2.45, 2.75) is 75.3 Å². The lowest BCUT2D eigenvalue weighted by molar-refractivity contribution is -0.00254. The summed E-state index contributed by atoms with van der Waals surface area (Å²) in [6.07, 6.45) is 12.0. The van der Waals surface area contributed by atoms with E-state index < -0.39 is 0 Å². The number of thioether (sulfide) groups is 1. The van der Waals surface area contributed by atoms with Crippen LogP contribution in [0.1, 0.15) is 51.9 Å². The third kappa shape index (κ3) is 3.87. The summed E-state index contributed by atoms with van der Waals surface area (Å²) in [6, 6.07) is 1.45. The standard InChI is InChI=1S/C14H27NOS/c1-3-12-10-11(8-9-16-12)15-13-6-4-5-7-14(13)17-2/h11-15H,3-10H2,1-2H3. The maximum absolute atomic E-state index is 5.75. The lowest BCUT2D eigenvalue weighted by atomic mass is 9.92. The van der Waals surface area contributed by atoms with Crippen molar-refractivity contribution in [3.8, 4) is 0 Å². The fraction of sp³-hybridized carbons (Fsp3) is 1.00. The smallest absolute Gasteiger partial charge is 0.0587 e. The molecule has 1 aliphatic heterocycles. The van der Waals surface area contributed by atoms with Gasteiger partial charge >= 0.3 is 0 Å². The van der Waals surface area contributed by atoms with Gasteiger partial charge in [0.25, 0.3) is 0 Å². The van der Waals surface area contributed by atoms with Gasteiger partial charge in [-0.2, -0.15) is 11.8 Å². The quantitative estimate of drug-likeness (QED) is 0.835. The average molecular weight is 257 g/mol. The van der Waals surface area contributed by atoms with Gasteiger partial charge in [0.15, 0.2) is 0 Å². The molecule has 100 valence electrons. The van der Waals surface area contributed by atoms with Crippen LogP contribution in [0.15, 0.2) is 0 Å². The Hall–Kier alpha value is 0.270. The van der Waals surface area contributed by atoms with Crippen molar-refractivity contribution in [2.24, 2.45) is 0 Å². The first-order valence-corrected chi connectivity index (χ1v) is 8.52. The largest absolute Gasteiger partial charge is 0.378 e. The van der Waals surface area contributed by atoms with E-state index in [-0.39, 0.29) is 0 Å². The van der Waals surface area contributed by atoms with Crippen molar-refractivity contribution in [3.05, 3.63) is 0 Å². The SMILES string of the molecule is CCC1CC(NC2CCCCC2SC)CCO1. The van der Waals surface area contributed by atoms with E-state index in [1.807, 2.05) is 0 Å². The van der Waals surface area contributed by atoms with E-state index >= 15 is 0 Å². The van der Waals surface area contributed by atoms with Crippen LogP contribution in [0.5, 0.6) is 0 Å². The number of hydrogen-bond acceptors (Lipinski definition) is 3. The van der Waals surface area contributed by atoms with Crippen LogP contribution in [0.3, 0.4) is 0 Å². The second kappa shape index (κ2) is 7.01. The van der Waals surface area contributed by atoms with Gasteiger partial charge in [-0.25, -0.2) is 0 Å². The Bertz CT molecular complexity index is 224. The summed E-state index contributed by atoms with van der Waals surface area (Å²) >= 11 is 2.06. The molecule has 2 nitrogen and oxygen atoms in total. The lowest BCUT2D eigenvalue weighted by Gasteiger charge is -2.37. The monoisotopic (exact) mass is 257 g/mol. The molecule has 1 heterocycles. The first-order chi connectivity index (χ1) is 8.33. The Balaban J connectivity index is 1.81. The average Bonchev–Trinajstić information content (AvgIpc) is 2.39. The fourth-order valence-corrected chi connectivity index (χ4v) is 4.13. The summed E-state index contributed by atoms with van der Waals surface area (Å²) in [5.41, 5.74) is 0.